The molecule has 13 heavy (non-hydrogen) atoms. The Morgan fingerprint density at radius 1 is 1.38 bits per heavy atom. The van der Waals surface area contributed by atoms with E-state index in [4.69, 9.17) is 5.73 Å². The zero-order valence-electron chi connectivity index (χ0n) is 8.46. The van der Waals surface area contributed by atoms with Gasteiger partial charge in [0.1, 0.15) is 0 Å². The highest BCUT2D eigenvalue weighted by atomic mass is 16.2. The average Bonchev–Trinajstić information content (AvgIpc) is 2.20. The normalized spacial score (nSPS) is 18.6. The Morgan fingerprint density at radius 3 is 2.46 bits per heavy atom. The summed E-state index contributed by atoms with van der Waals surface area (Å²) >= 11 is 0. The lowest BCUT2D eigenvalue weighted by Crippen LogP contribution is -2.44. The van der Waals surface area contributed by atoms with E-state index in [9.17, 15) is 4.79 Å². The molecule has 0 aromatic carbocycles. The first-order valence-electron chi connectivity index (χ1n) is 5.29. The van der Waals surface area contributed by atoms with Gasteiger partial charge in [-0.2, -0.15) is 0 Å². The molecule has 1 rings (SSSR count). The molecule has 0 atom stereocenters. The molecular weight excluding hydrogens is 164 g/mol. The van der Waals surface area contributed by atoms with Gasteiger partial charge in [0, 0.05) is 12.6 Å². The van der Waals surface area contributed by atoms with Gasteiger partial charge in [0.2, 0.25) is 5.91 Å². The first-order chi connectivity index (χ1) is 6.29. The molecule has 1 aliphatic rings. The number of nitrogens with two attached hydrogens (primary N) is 1. The molecule has 3 nitrogen and oxygen atoms in total. The third kappa shape index (κ3) is 2.69. The highest BCUT2D eigenvalue weighted by molar-refractivity contribution is 5.78. The van der Waals surface area contributed by atoms with Gasteiger partial charge in [-0.05, 0) is 19.8 Å². The van der Waals surface area contributed by atoms with E-state index in [0.29, 0.717) is 6.04 Å². The summed E-state index contributed by atoms with van der Waals surface area (Å²) < 4.78 is 0. The van der Waals surface area contributed by atoms with Crippen LogP contribution in [0.1, 0.15) is 39.0 Å². The molecule has 0 aliphatic heterocycles. The van der Waals surface area contributed by atoms with Crippen molar-refractivity contribution in [2.45, 2.75) is 45.1 Å². The summed E-state index contributed by atoms with van der Waals surface area (Å²) in [4.78, 5) is 13.4. The van der Waals surface area contributed by atoms with Crippen molar-refractivity contribution >= 4 is 5.91 Å². The van der Waals surface area contributed by atoms with Crippen LogP contribution in [0.5, 0.6) is 0 Å². The summed E-state index contributed by atoms with van der Waals surface area (Å²) in [6, 6.07) is 0.467. The standard InChI is InChI=1S/C10H20N2O/c1-2-12(10(13)8-11)9-6-4-3-5-7-9/h9H,2-8,11H2,1H3. The van der Waals surface area contributed by atoms with Crippen LogP contribution in [-0.2, 0) is 4.79 Å². The molecule has 1 amide bonds. The molecule has 0 heterocycles. The van der Waals surface area contributed by atoms with Crippen molar-refractivity contribution in [3.8, 4) is 0 Å². The Balaban J connectivity index is 2.48. The number of amides is 1. The third-order valence-corrected chi connectivity index (χ3v) is 2.85. The number of nitrogens with zero attached hydrogens (tertiary/aromatic N) is 1. The van der Waals surface area contributed by atoms with Crippen LogP contribution in [0.2, 0.25) is 0 Å². The zero-order valence-corrected chi connectivity index (χ0v) is 8.46. The van der Waals surface area contributed by atoms with Crippen molar-refractivity contribution < 1.29 is 4.79 Å². The van der Waals surface area contributed by atoms with Crippen LogP contribution in [0.4, 0.5) is 0 Å². The maximum Gasteiger partial charge on any atom is 0.236 e. The average molecular weight is 184 g/mol. The van der Waals surface area contributed by atoms with Crippen molar-refractivity contribution in [1.29, 1.82) is 0 Å². The van der Waals surface area contributed by atoms with Gasteiger partial charge < -0.3 is 10.6 Å². The van der Waals surface area contributed by atoms with E-state index in [1.165, 1.54) is 32.1 Å². The molecule has 0 saturated heterocycles. The molecule has 0 aromatic rings. The third-order valence-electron chi connectivity index (χ3n) is 2.85. The minimum Gasteiger partial charge on any atom is -0.339 e. The molecule has 0 unspecified atom stereocenters. The Bertz CT molecular complexity index is 164. The smallest absolute Gasteiger partial charge is 0.236 e. The Morgan fingerprint density at radius 2 is 2.00 bits per heavy atom. The van der Waals surface area contributed by atoms with Crippen molar-refractivity contribution in [3.05, 3.63) is 0 Å². The summed E-state index contributed by atoms with van der Waals surface area (Å²) in [6.45, 7) is 2.99. The van der Waals surface area contributed by atoms with Crippen LogP contribution in [0.3, 0.4) is 0 Å². The van der Waals surface area contributed by atoms with Crippen LogP contribution in [0.15, 0.2) is 0 Å². The Hall–Kier alpha value is -0.570. The van der Waals surface area contributed by atoms with E-state index in [2.05, 4.69) is 0 Å². The van der Waals surface area contributed by atoms with E-state index in [1.54, 1.807) is 0 Å². The molecule has 1 saturated carbocycles. The second-order valence-electron chi connectivity index (χ2n) is 3.68. The molecule has 2 N–H and O–H groups in total. The van der Waals surface area contributed by atoms with E-state index < -0.39 is 0 Å². The predicted octanol–water partition coefficient (Wildman–Crippen LogP) is 1.13. The largest absolute Gasteiger partial charge is 0.339 e. The van der Waals surface area contributed by atoms with E-state index >= 15 is 0 Å². The fraction of sp³-hybridized carbons (Fsp3) is 0.900. The lowest BCUT2D eigenvalue weighted by atomic mass is 9.94. The highest BCUT2D eigenvalue weighted by Crippen LogP contribution is 2.22. The minimum atomic E-state index is 0.106. The van der Waals surface area contributed by atoms with E-state index in [-0.39, 0.29) is 12.5 Å². The quantitative estimate of drug-likeness (QED) is 0.714. The second-order valence-corrected chi connectivity index (χ2v) is 3.68. The van der Waals surface area contributed by atoms with Gasteiger partial charge in [-0.25, -0.2) is 0 Å². The number of rotatable bonds is 3. The van der Waals surface area contributed by atoms with Gasteiger partial charge in [0.25, 0.3) is 0 Å². The monoisotopic (exact) mass is 184 g/mol. The number of hydrogen-bond donors (Lipinski definition) is 1. The van der Waals surface area contributed by atoms with Crippen molar-refractivity contribution in [3.63, 3.8) is 0 Å². The summed E-state index contributed by atoms with van der Waals surface area (Å²) in [5, 5.41) is 0. The summed E-state index contributed by atoms with van der Waals surface area (Å²) in [6.07, 6.45) is 6.18. The summed E-state index contributed by atoms with van der Waals surface area (Å²) in [7, 11) is 0. The second kappa shape index (κ2) is 5.22. The summed E-state index contributed by atoms with van der Waals surface area (Å²) in [5.41, 5.74) is 5.36. The van der Waals surface area contributed by atoms with Crippen LogP contribution < -0.4 is 5.73 Å². The Kier molecular flexibility index (Phi) is 4.22. The number of carbonyl (C=O) groups excluding carboxylic acids is 1. The van der Waals surface area contributed by atoms with Gasteiger partial charge in [0.05, 0.1) is 6.54 Å². The number of hydrogen-bond acceptors (Lipinski definition) is 2. The molecule has 0 spiro atoms. The lowest BCUT2D eigenvalue weighted by molar-refractivity contribution is -0.132. The first-order valence-corrected chi connectivity index (χ1v) is 5.29. The van der Waals surface area contributed by atoms with Crippen molar-refractivity contribution in [2.24, 2.45) is 5.73 Å². The summed E-state index contributed by atoms with van der Waals surface area (Å²) in [5.74, 6) is 0.106. The molecule has 1 fully saturated rings. The highest BCUT2D eigenvalue weighted by Gasteiger charge is 2.22. The van der Waals surface area contributed by atoms with Crippen molar-refractivity contribution in [1.82, 2.24) is 4.90 Å². The van der Waals surface area contributed by atoms with Crippen LogP contribution in [0.25, 0.3) is 0 Å². The minimum absolute atomic E-state index is 0.106. The van der Waals surface area contributed by atoms with Crippen LogP contribution >= 0.6 is 0 Å². The Labute approximate surface area is 80.3 Å². The molecule has 3 heteroatoms. The molecule has 0 aromatic heterocycles. The maximum atomic E-state index is 11.4. The molecule has 0 bridgehead atoms. The fourth-order valence-corrected chi connectivity index (χ4v) is 2.15. The van der Waals surface area contributed by atoms with E-state index in [0.717, 1.165) is 6.54 Å². The van der Waals surface area contributed by atoms with Gasteiger partial charge in [-0.15, -0.1) is 0 Å². The van der Waals surface area contributed by atoms with Crippen LogP contribution in [0, 0.1) is 0 Å². The molecule has 76 valence electrons. The van der Waals surface area contributed by atoms with Crippen molar-refractivity contribution in [2.75, 3.05) is 13.1 Å². The first kappa shape index (κ1) is 10.5. The fourth-order valence-electron chi connectivity index (χ4n) is 2.15. The van der Waals surface area contributed by atoms with Gasteiger partial charge in [-0.1, -0.05) is 19.3 Å². The zero-order chi connectivity index (χ0) is 9.68. The van der Waals surface area contributed by atoms with Gasteiger partial charge in [0.15, 0.2) is 0 Å². The van der Waals surface area contributed by atoms with Gasteiger partial charge >= 0.3 is 0 Å². The SMILES string of the molecule is CCN(C(=O)CN)C1CCCCC1. The number of carbonyl (C=O) groups is 1. The van der Waals surface area contributed by atoms with E-state index in [1.807, 2.05) is 11.8 Å². The van der Waals surface area contributed by atoms with Crippen LogP contribution in [-0.4, -0.2) is 29.9 Å². The molecular formula is C10H20N2O. The number of likely N-dealkylation sites (N-methyl/N-ethyl adjacent to an activating group) is 1. The van der Waals surface area contributed by atoms with Gasteiger partial charge in [-0.3, -0.25) is 4.79 Å². The maximum absolute atomic E-state index is 11.4. The molecule has 1 aliphatic carbocycles. The molecule has 0 radical (unpaired) electrons. The topological polar surface area (TPSA) is 46.3 Å². The lowest BCUT2D eigenvalue weighted by Gasteiger charge is -2.33. The predicted molar refractivity (Wildman–Crippen MR) is 53.3 cm³/mol.